The van der Waals surface area contributed by atoms with Crippen LogP contribution in [-0.2, 0) is 37.7 Å². The van der Waals surface area contributed by atoms with Gasteiger partial charge in [0.1, 0.15) is 23.7 Å². The molecule has 62 heavy (non-hydrogen) atoms. The molecule has 5 atom stereocenters. The molecule has 0 aliphatic carbocycles. The number of unbranched alkanes of at least 4 members (excludes halogenated alkanes) is 30. The Bertz CT molecular complexity index is 1140. The van der Waals surface area contributed by atoms with Crippen LogP contribution in [0.5, 0.6) is 0 Å². The van der Waals surface area contributed by atoms with E-state index in [1.165, 1.54) is 122 Å². The van der Waals surface area contributed by atoms with Gasteiger partial charge in [0.05, 0.1) is 13.2 Å². The molecule has 12 nitrogen and oxygen atoms in total. The maximum absolute atomic E-state index is 13.1. The number of ether oxygens (including phenoxy) is 3. The van der Waals surface area contributed by atoms with Crippen LogP contribution < -0.4 is 5.32 Å². The second-order valence-corrected chi connectivity index (χ2v) is 19.5. The van der Waals surface area contributed by atoms with Gasteiger partial charge in [-0.15, -0.1) is 12.6 Å². The van der Waals surface area contributed by atoms with E-state index in [4.69, 9.17) is 18.7 Å². The minimum Gasteiger partial charge on any atom is -0.466 e. The van der Waals surface area contributed by atoms with Crippen molar-refractivity contribution in [1.82, 2.24) is 5.32 Å². The van der Waals surface area contributed by atoms with Crippen LogP contribution in [0.25, 0.3) is 0 Å². The maximum atomic E-state index is 13.1. The van der Waals surface area contributed by atoms with E-state index in [-0.39, 0.29) is 24.7 Å². The van der Waals surface area contributed by atoms with E-state index in [0.29, 0.717) is 25.9 Å². The molecular weight excluding hydrogens is 830 g/mol. The molecule has 0 saturated carbocycles. The molecule has 4 N–H and O–H groups in total. The molecule has 1 saturated heterocycles. The van der Waals surface area contributed by atoms with Gasteiger partial charge >= 0.3 is 19.8 Å². The third kappa shape index (κ3) is 33.3. The Morgan fingerprint density at radius 3 is 1.32 bits per heavy atom. The summed E-state index contributed by atoms with van der Waals surface area (Å²) in [4.78, 5) is 57.4. The van der Waals surface area contributed by atoms with Crippen LogP contribution in [-0.4, -0.2) is 75.7 Å². The van der Waals surface area contributed by atoms with Gasteiger partial charge in [0, 0.05) is 19.3 Å². The molecule has 0 radical (unpaired) electrons. The van der Waals surface area contributed by atoms with E-state index in [1.54, 1.807) is 0 Å². The van der Waals surface area contributed by atoms with Gasteiger partial charge < -0.3 is 34.4 Å². The maximum Gasteiger partial charge on any atom is 0.470 e. The molecule has 1 rings (SSSR count). The molecule has 14 heteroatoms. The molecule has 1 fully saturated rings. The number of carbonyl (C=O) groups excluding carboxylic acids is 3. The molecule has 1 heterocycles. The lowest BCUT2D eigenvalue weighted by molar-refractivity contribution is -0.193. The summed E-state index contributed by atoms with van der Waals surface area (Å²) in [7, 11) is -5.09. The zero-order valence-corrected chi connectivity index (χ0v) is 41.0. The highest BCUT2D eigenvalue weighted by atomic mass is 32.1. The van der Waals surface area contributed by atoms with Gasteiger partial charge in [0.15, 0.2) is 6.10 Å². The summed E-state index contributed by atoms with van der Waals surface area (Å²) in [5, 5.41) is 12.8. The molecule has 0 bridgehead atoms. The largest absolute Gasteiger partial charge is 0.470 e. The Balaban J connectivity index is 2.23. The number of esters is 2. The molecule has 0 aromatic carbocycles. The quantitative estimate of drug-likeness (QED) is 0.0170. The SMILES string of the molecule is CCCCCCCCCCCCCC(=O)OCCCCCCCCCCCCCC(=O)N[C@@H]1[C@H](OC(=O)CCCCCCCCCCCCC)[C@H](OP(=O)(O)O)[C@@H](CO)O[C@H]1S. The molecule has 0 spiro atoms. The fourth-order valence-electron chi connectivity index (χ4n) is 8.22. The molecule has 0 aromatic heterocycles. The van der Waals surface area contributed by atoms with Gasteiger partial charge in [-0.05, 0) is 25.7 Å². The summed E-state index contributed by atoms with van der Waals surface area (Å²) in [5.41, 5.74) is -1.01. The number of aliphatic hydroxyl groups is 1. The number of phosphoric ester groups is 1. The Morgan fingerprint density at radius 1 is 0.548 bits per heavy atom. The summed E-state index contributed by atoms with van der Waals surface area (Å²) in [5.74, 6) is -0.948. The molecule has 1 aliphatic rings. The average molecular weight is 922 g/mol. The van der Waals surface area contributed by atoms with E-state index in [9.17, 15) is 33.8 Å². The monoisotopic (exact) mass is 922 g/mol. The van der Waals surface area contributed by atoms with Crippen LogP contribution in [0.3, 0.4) is 0 Å². The highest BCUT2D eigenvalue weighted by molar-refractivity contribution is 7.80. The zero-order chi connectivity index (χ0) is 45.5. The molecule has 0 aromatic rings. The first-order valence-electron chi connectivity index (χ1n) is 25.3. The zero-order valence-electron chi connectivity index (χ0n) is 39.3. The van der Waals surface area contributed by atoms with Gasteiger partial charge in [0.25, 0.3) is 0 Å². The molecular formula is C48H92NO11PS. The average Bonchev–Trinajstić information content (AvgIpc) is 3.23. The second kappa shape index (κ2) is 40.1. The first-order chi connectivity index (χ1) is 30.0. The number of amides is 1. The number of hydrogen-bond donors (Lipinski definition) is 5. The molecule has 1 amide bonds. The number of phosphoric acid groups is 1. The first-order valence-corrected chi connectivity index (χ1v) is 27.4. The van der Waals surface area contributed by atoms with E-state index >= 15 is 0 Å². The van der Waals surface area contributed by atoms with E-state index in [2.05, 4.69) is 31.8 Å². The smallest absolute Gasteiger partial charge is 0.466 e. The van der Waals surface area contributed by atoms with Gasteiger partial charge in [-0.25, -0.2) is 4.57 Å². The number of aliphatic hydroxyl groups excluding tert-OH is 1. The predicted octanol–water partition coefficient (Wildman–Crippen LogP) is 12.1. The van der Waals surface area contributed by atoms with Crippen molar-refractivity contribution in [1.29, 1.82) is 0 Å². The lowest BCUT2D eigenvalue weighted by atomic mass is 9.97. The summed E-state index contributed by atoms with van der Waals surface area (Å²) < 4.78 is 33.8. The number of thiol groups is 1. The Kier molecular flexibility index (Phi) is 38.0. The van der Waals surface area contributed by atoms with E-state index in [0.717, 1.165) is 77.0 Å². The predicted molar refractivity (Wildman–Crippen MR) is 252 cm³/mol. The standard InChI is InChI=1S/C48H92NO11PS/c1-3-5-7-9-11-13-16-21-25-29-33-37-43(52)57-39-35-31-27-23-19-15-18-20-24-28-32-36-42(51)49-45-47(46(60-61(54,55)56)41(40-50)58-48(45)62)59-44(53)38-34-30-26-22-17-14-12-10-8-6-4-2/h41,45-48,50,62H,3-40H2,1-2H3,(H,49,51)(H2,54,55,56)/t41-,45-,46-,47+,48+/m1/s1. The summed E-state index contributed by atoms with van der Waals surface area (Å²) >= 11 is 4.45. The summed E-state index contributed by atoms with van der Waals surface area (Å²) in [6, 6.07) is -1.05. The van der Waals surface area contributed by atoms with Crippen LogP contribution in [0.15, 0.2) is 0 Å². The lowest BCUT2D eigenvalue weighted by Gasteiger charge is -2.44. The van der Waals surface area contributed by atoms with Crippen molar-refractivity contribution in [2.75, 3.05) is 13.2 Å². The van der Waals surface area contributed by atoms with Crippen LogP contribution in [0.2, 0.25) is 0 Å². The Labute approximate surface area is 382 Å². The fourth-order valence-corrected chi connectivity index (χ4v) is 9.19. The van der Waals surface area contributed by atoms with Gasteiger partial charge in [-0.2, -0.15) is 0 Å². The molecule has 0 unspecified atom stereocenters. The number of rotatable bonds is 43. The number of hydrogen-bond acceptors (Lipinski definition) is 10. The van der Waals surface area contributed by atoms with Crippen molar-refractivity contribution in [2.45, 2.75) is 275 Å². The van der Waals surface area contributed by atoms with Crippen LogP contribution in [0, 0.1) is 0 Å². The third-order valence-electron chi connectivity index (χ3n) is 12.0. The summed E-state index contributed by atoms with van der Waals surface area (Å²) in [6.07, 6.45) is 34.6. The highest BCUT2D eigenvalue weighted by Crippen LogP contribution is 2.42. The van der Waals surface area contributed by atoms with Gasteiger partial charge in [-0.3, -0.25) is 18.9 Å². The molecule has 1 aliphatic heterocycles. The van der Waals surface area contributed by atoms with E-state index < -0.39 is 50.2 Å². The fraction of sp³-hybridized carbons (Fsp3) is 0.938. The minimum atomic E-state index is -5.09. The van der Waals surface area contributed by atoms with Crippen molar-refractivity contribution < 1.29 is 52.6 Å². The highest BCUT2D eigenvalue weighted by Gasteiger charge is 2.50. The Morgan fingerprint density at radius 2 is 0.919 bits per heavy atom. The third-order valence-corrected chi connectivity index (χ3v) is 12.9. The van der Waals surface area contributed by atoms with Crippen molar-refractivity contribution in [3.05, 3.63) is 0 Å². The number of carbonyl (C=O) groups is 3. The van der Waals surface area contributed by atoms with Crippen molar-refractivity contribution in [3.63, 3.8) is 0 Å². The van der Waals surface area contributed by atoms with Crippen LogP contribution in [0.1, 0.15) is 245 Å². The second-order valence-electron chi connectivity index (χ2n) is 17.8. The summed E-state index contributed by atoms with van der Waals surface area (Å²) in [6.45, 7) is 4.34. The minimum absolute atomic E-state index is 0.0516. The lowest BCUT2D eigenvalue weighted by Crippen LogP contribution is -2.64. The Hall–Kier alpha value is -1.21. The van der Waals surface area contributed by atoms with Crippen molar-refractivity contribution >= 4 is 38.3 Å². The topological polar surface area (TPSA) is 178 Å². The van der Waals surface area contributed by atoms with Gasteiger partial charge in [0.2, 0.25) is 5.91 Å². The number of nitrogens with one attached hydrogen (secondary N) is 1. The van der Waals surface area contributed by atoms with Gasteiger partial charge in [-0.1, -0.05) is 200 Å². The normalized spacial score (nSPS) is 19.1. The van der Waals surface area contributed by atoms with Crippen molar-refractivity contribution in [2.24, 2.45) is 0 Å². The van der Waals surface area contributed by atoms with Crippen LogP contribution >= 0.6 is 20.5 Å². The van der Waals surface area contributed by atoms with E-state index in [1.807, 2.05) is 0 Å². The van der Waals surface area contributed by atoms with Crippen LogP contribution in [0.4, 0.5) is 0 Å². The molecule has 366 valence electrons. The van der Waals surface area contributed by atoms with Crippen molar-refractivity contribution in [3.8, 4) is 0 Å². The first kappa shape index (κ1) is 58.8.